The van der Waals surface area contributed by atoms with Gasteiger partial charge in [0.2, 0.25) is 5.91 Å². The molecule has 0 aromatic rings. The number of carbonyl (C=O) groups is 2. The van der Waals surface area contributed by atoms with Gasteiger partial charge in [-0.1, -0.05) is 0 Å². The maximum Gasteiger partial charge on any atom is 0.306 e. The van der Waals surface area contributed by atoms with E-state index in [9.17, 15) is 9.59 Å². The van der Waals surface area contributed by atoms with E-state index in [1.807, 2.05) is 0 Å². The molecule has 3 fully saturated rings. The Morgan fingerprint density at radius 3 is 2.33 bits per heavy atom. The number of fused-ring (bicyclic) bond motifs is 1. The van der Waals surface area contributed by atoms with Gasteiger partial charge >= 0.3 is 5.97 Å². The van der Waals surface area contributed by atoms with Crippen LogP contribution in [0.3, 0.4) is 0 Å². The summed E-state index contributed by atoms with van der Waals surface area (Å²) in [6, 6.07) is 0.851. The lowest BCUT2D eigenvalue weighted by molar-refractivity contribution is -0.147. The molecule has 2 unspecified atom stereocenters. The SMILES string of the molecule is CC1CN2CCCC2CN1C(=O)C1CCC(C(=O)O)CC1. The van der Waals surface area contributed by atoms with Crippen LogP contribution in [0, 0.1) is 11.8 Å². The molecule has 0 radical (unpaired) electrons. The number of nitrogens with zero attached hydrogens (tertiary/aromatic N) is 2. The van der Waals surface area contributed by atoms with E-state index in [-0.39, 0.29) is 17.7 Å². The monoisotopic (exact) mass is 294 g/mol. The molecule has 2 atom stereocenters. The second-order valence-corrected chi connectivity index (χ2v) is 7.02. The molecule has 0 aromatic carbocycles. The minimum atomic E-state index is -0.700. The molecule has 21 heavy (non-hydrogen) atoms. The molecule has 1 amide bonds. The summed E-state index contributed by atoms with van der Waals surface area (Å²) in [7, 11) is 0. The van der Waals surface area contributed by atoms with Crippen molar-refractivity contribution >= 4 is 11.9 Å². The van der Waals surface area contributed by atoms with Crippen molar-refractivity contribution in [1.82, 2.24) is 9.80 Å². The number of carboxylic acid groups (broad SMARTS) is 1. The fraction of sp³-hybridized carbons (Fsp3) is 0.875. The minimum absolute atomic E-state index is 0.0519. The van der Waals surface area contributed by atoms with Gasteiger partial charge in [0.15, 0.2) is 0 Å². The maximum atomic E-state index is 12.8. The number of amides is 1. The Balaban J connectivity index is 1.59. The van der Waals surface area contributed by atoms with Crippen molar-refractivity contribution in [2.75, 3.05) is 19.6 Å². The molecule has 3 aliphatic rings. The van der Waals surface area contributed by atoms with Crippen molar-refractivity contribution in [3.8, 4) is 0 Å². The molecule has 5 heteroatoms. The van der Waals surface area contributed by atoms with Crippen LogP contribution in [0.25, 0.3) is 0 Å². The van der Waals surface area contributed by atoms with Crippen molar-refractivity contribution in [3.05, 3.63) is 0 Å². The summed E-state index contributed by atoms with van der Waals surface area (Å²) >= 11 is 0. The van der Waals surface area contributed by atoms with Crippen molar-refractivity contribution in [2.24, 2.45) is 11.8 Å². The third-order valence-electron chi connectivity index (χ3n) is 5.65. The predicted molar refractivity (Wildman–Crippen MR) is 78.9 cm³/mol. The van der Waals surface area contributed by atoms with E-state index in [1.165, 1.54) is 19.4 Å². The van der Waals surface area contributed by atoms with E-state index in [0.717, 1.165) is 25.9 Å². The van der Waals surface area contributed by atoms with Crippen LogP contribution in [0.5, 0.6) is 0 Å². The highest BCUT2D eigenvalue weighted by molar-refractivity contribution is 5.80. The first-order valence-electron chi connectivity index (χ1n) is 8.33. The Morgan fingerprint density at radius 2 is 1.67 bits per heavy atom. The summed E-state index contributed by atoms with van der Waals surface area (Å²) in [6.07, 6.45) is 5.26. The highest BCUT2D eigenvalue weighted by atomic mass is 16.4. The van der Waals surface area contributed by atoms with E-state index in [4.69, 9.17) is 5.11 Å². The summed E-state index contributed by atoms with van der Waals surface area (Å²) in [5.41, 5.74) is 0. The van der Waals surface area contributed by atoms with Gasteiger partial charge in [0.05, 0.1) is 5.92 Å². The van der Waals surface area contributed by atoms with E-state index < -0.39 is 5.97 Å². The summed E-state index contributed by atoms with van der Waals surface area (Å²) in [4.78, 5) is 28.4. The molecule has 2 aliphatic heterocycles. The van der Waals surface area contributed by atoms with Crippen LogP contribution in [0.4, 0.5) is 0 Å². The molecule has 0 bridgehead atoms. The quantitative estimate of drug-likeness (QED) is 0.840. The largest absolute Gasteiger partial charge is 0.481 e. The van der Waals surface area contributed by atoms with Gasteiger partial charge in [-0.05, 0) is 52.0 Å². The highest BCUT2D eigenvalue weighted by Crippen LogP contribution is 2.32. The van der Waals surface area contributed by atoms with Crippen LogP contribution < -0.4 is 0 Å². The second-order valence-electron chi connectivity index (χ2n) is 7.02. The lowest BCUT2D eigenvalue weighted by Gasteiger charge is -2.44. The summed E-state index contributed by atoms with van der Waals surface area (Å²) in [5.74, 6) is -0.610. The van der Waals surface area contributed by atoms with E-state index >= 15 is 0 Å². The van der Waals surface area contributed by atoms with Crippen molar-refractivity contribution in [3.63, 3.8) is 0 Å². The lowest BCUT2D eigenvalue weighted by Crippen LogP contribution is -2.58. The Morgan fingerprint density at radius 1 is 1.00 bits per heavy atom. The fourth-order valence-corrected chi connectivity index (χ4v) is 4.32. The zero-order valence-corrected chi connectivity index (χ0v) is 12.8. The van der Waals surface area contributed by atoms with E-state index in [0.29, 0.717) is 24.9 Å². The van der Waals surface area contributed by atoms with Gasteiger partial charge in [0.25, 0.3) is 0 Å². The Labute approximate surface area is 126 Å². The fourth-order valence-electron chi connectivity index (χ4n) is 4.32. The third-order valence-corrected chi connectivity index (χ3v) is 5.65. The normalized spacial score (nSPS) is 37.3. The third kappa shape index (κ3) is 2.93. The molecular formula is C16H26N2O3. The average molecular weight is 294 g/mol. The van der Waals surface area contributed by atoms with Crippen molar-refractivity contribution in [1.29, 1.82) is 0 Å². The molecule has 1 N–H and O–H groups in total. The molecule has 0 spiro atoms. The van der Waals surface area contributed by atoms with E-state index in [2.05, 4.69) is 16.7 Å². The minimum Gasteiger partial charge on any atom is -0.481 e. The first-order chi connectivity index (χ1) is 10.1. The van der Waals surface area contributed by atoms with Crippen molar-refractivity contribution in [2.45, 2.75) is 57.5 Å². The standard InChI is InChI=1S/C16H26N2O3/c1-11-9-17-8-2-3-14(17)10-18(11)15(19)12-4-6-13(7-5-12)16(20)21/h11-14H,2-10H2,1H3,(H,20,21). The van der Waals surface area contributed by atoms with E-state index in [1.54, 1.807) is 0 Å². The number of aliphatic carboxylic acids is 1. The molecule has 1 saturated carbocycles. The van der Waals surface area contributed by atoms with Crippen LogP contribution in [0.1, 0.15) is 45.4 Å². The van der Waals surface area contributed by atoms with Crippen LogP contribution in [-0.4, -0.2) is 58.5 Å². The average Bonchev–Trinajstić information content (AvgIpc) is 2.93. The number of hydrogen-bond acceptors (Lipinski definition) is 3. The highest BCUT2D eigenvalue weighted by Gasteiger charge is 2.39. The van der Waals surface area contributed by atoms with Crippen LogP contribution >= 0.6 is 0 Å². The van der Waals surface area contributed by atoms with Crippen LogP contribution in [-0.2, 0) is 9.59 Å². The van der Waals surface area contributed by atoms with Crippen LogP contribution in [0.2, 0.25) is 0 Å². The molecule has 5 nitrogen and oxygen atoms in total. The molecular weight excluding hydrogens is 268 g/mol. The van der Waals surface area contributed by atoms with Crippen LogP contribution in [0.15, 0.2) is 0 Å². The van der Waals surface area contributed by atoms with Gasteiger partial charge in [-0.3, -0.25) is 14.5 Å². The number of rotatable bonds is 2. The van der Waals surface area contributed by atoms with Crippen molar-refractivity contribution < 1.29 is 14.7 Å². The zero-order chi connectivity index (χ0) is 15.0. The zero-order valence-electron chi connectivity index (χ0n) is 12.8. The molecule has 3 rings (SSSR count). The number of carboxylic acids is 1. The number of piperazine rings is 1. The molecule has 2 heterocycles. The number of hydrogen-bond donors (Lipinski definition) is 1. The molecule has 2 saturated heterocycles. The van der Waals surface area contributed by atoms with Gasteiger partial charge in [0, 0.05) is 31.1 Å². The van der Waals surface area contributed by atoms with Gasteiger partial charge in [0.1, 0.15) is 0 Å². The van der Waals surface area contributed by atoms with Gasteiger partial charge in [-0.15, -0.1) is 0 Å². The summed E-state index contributed by atoms with van der Waals surface area (Å²) in [5, 5.41) is 9.06. The lowest BCUT2D eigenvalue weighted by atomic mass is 9.81. The summed E-state index contributed by atoms with van der Waals surface area (Å²) in [6.45, 7) is 5.20. The first kappa shape index (κ1) is 14.8. The Kier molecular flexibility index (Phi) is 4.20. The van der Waals surface area contributed by atoms with Gasteiger partial charge in [-0.25, -0.2) is 0 Å². The first-order valence-corrected chi connectivity index (χ1v) is 8.33. The Hall–Kier alpha value is -1.10. The topological polar surface area (TPSA) is 60.9 Å². The molecule has 1 aliphatic carbocycles. The predicted octanol–water partition coefficient (Wildman–Crippen LogP) is 1.57. The summed E-state index contributed by atoms with van der Waals surface area (Å²) < 4.78 is 0. The Bertz CT molecular complexity index is 418. The smallest absolute Gasteiger partial charge is 0.306 e. The second kappa shape index (κ2) is 5.95. The molecule has 0 aromatic heterocycles. The molecule has 118 valence electrons. The van der Waals surface area contributed by atoms with Gasteiger partial charge < -0.3 is 10.0 Å². The van der Waals surface area contributed by atoms with Gasteiger partial charge in [-0.2, -0.15) is 0 Å². The maximum absolute atomic E-state index is 12.8. The number of carbonyl (C=O) groups excluding carboxylic acids is 1.